The van der Waals surface area contributed by atoms with E-state index in [-0.39, 0.29) is 5.41 Å². The van der Waals surface area contributed by atoms with Crippen LogP contribution < -0.4 is 0 Å². The Kier molecular flexibility index (Phi) is 21.3. The molecule has 1 aliphatic rings. The largest absolute Gasteiger partial charge is 0.103 e. The maximum atomic E-state index is 4.50. The zero-order valence-electron chi connectivity index (χ0n) is 30.3. The summed E-state index contributed by atoms with van der Waals surface area (Å²) in [5, 5.41) is 0. The van der Waals surface area contributed by atoms with Gasteiger partial charge in [-0.15, -0.1) is 19.7 Å². The molecule has 0 N–H and O–H groups in total. The molecule has 248 valence electrons. The monoisotopic (exact) mass is 593 g/mol. The molecule has 0 nitrogen and oxygen atoms in total. The molecule has 43 heavy (non-hydrogen) atoms. The van der Waals surface area contributed by atoms with Gasteiger partial charge in [-0.05, 0) is 119 Å². The van der Waals surface area contributed by atoms with Gasteiger partial charge < -0.3 is 0 Å². The Hall–Kier alpha value is -1.30. The third-order valence-electron chi connectivity index (χ3n) is 10.9. The van der Waals surface area contributed by atoms with Crippen molar-refractivity contribution in [1.82, 2.24) is 0 Å². The van der Waals surface area contributed by atoms with Crippen molar-refractivity contribution in [1.29, 1.82) is 0 Å². The molecule has 0 heteroatoms. The fourth-order valence-corrected chi connectivity index (χ4v) is 7.79. The molecule has 1 rings (SSSR count). The van der Waals surface area contributed by atoms with Crippen molar-refractivity contribution < 1.29 is 0 Å². The molecule has 0 heterocycles. The summed E-state index contributed by atoms with van der Waals surface area (Å²) in [5.41, 5.74) is 5.15. The summed E-state index contributed by atoms with van der Waals surface area (Å²) < 4.78 is 0. The summed E-state index contributed by atoms with van der Waals surface area (Å²) in [6, 6.07) is 0. The minimum absolute atomic E-state index is 0.233. The van der Waals surface area contributed by atoms with Crippen molar-refractivity contribution in [3.8, 4) is 0 Å². The van der Waals surface area contributed by atoms with Gasteiger partial charge in [0.05, 0.1) is 0 Å². The molecule has 0 radical (unpaired) electrons. The lowest BCUT2D eigenvalue weighted by Crippen LogP contribution is -2.19. The van der Waals surface area contributed by atoms with Gasteiger partial charge in [0.25, 0.3) is 0 Å². The molecule has 0 aromatic carbocycles. The van der Waals surface area contributed by atoms with E-state index in [4.69, 9.17) is 0 Å². The highest BCUT2D eigenvalue weighted by Gasteiger charge is 2.26. The van der Waals surface area contributed by atoms with Crippen LogP contribution in [-0.4, -0.2) is 0 Å². The van der Waals surface area contributed by atoms with E-state index in [2.05, 4.69) is 86.1 Å². The Morgan fingerprint density at radius 2 is 1.44 bits per heavy atom. The predicted octanol–water partition coefficient (Wildman–Crippen LogP) is 14.8. The van der Waals surface area contributed by atoms with Crippen LogP contribution in [0.3, 0.4) is 0 Å². The van der Waals surface area contributed by atoms with Crippen LogP contribution in [0.1, 0.15) is 176 Å². The first-order chi connectivity index (χ1) is 20.6. The van der Waals surface area contributed by atoms with E-state index in [9.17, 15) is 0 Å². The van der Waals surface area contributed by atoms with Crippen LogP contribution >= 0.6 is 0 Å². The number of allylic oxidation sites excluding steroid dienone is 6. The van der Waals surface area contributed by atoms with Crippen molar-refractivity contribution in [2.24, 2.45) is 35.0 Å². The standard InChI is InChI=1S/C43H76/c1-11-16-17-18-19-21-28-41(35(6)7)32-38(25-13-3)33-42(34-39(14-4)40-26-22-20-23-27-40)36(8)31-37(24-12-2)29-30-43(9,10)15-5/h11,14-15,37-41H,1,4-6,12-13,16-34H2,2-3,7-10H3. The average Bonchev–Trinajstić information content (AvgIpc) is 2.99. The number of hydrogen-bond donors (Lipinski definition) is 0. The minimum Gasteiger partial charge on any atom is -0.103 e. The molecule has 4 atom stereocenters. The summed E-state index contributed by atoms with van der Waals surface area (Å²) >= 11 is 0. The van der Waals surface area contributed by atoms with Gasteiger partial charge in [-0.3, -0.25) is 0 Å². The van der Waals surface area contributed by atoms with E-state index < -0.39 is 0 Å². The molecular formula is C43H76. The molecule has 0 amide bonds. The van der Waals surface area contributed by atoms with Gasteiger partial charge in [0, 0.05) is 0 Å². The van der Waals surface area contributed by atoms with Gasteiger partial charge in [-0.25, -0.2) is 0 Å². The average molecular weight is 593 g/mol. The summed E-state index contributed by atoms with van der Waals surface area (Å²) in [4.78, 5) is 0. The SMILES string of the molecule is C=CCCCCCCC(CC(CCC)CC(CC(C=C)C1CCCCC1)=C(C)CC(CCC)CCC(C)(C)C=C)C(=C)C. The van der Waals surface area contributed by atoms with Crippen LogP contribution in [0.15, 0.2) is 61.3 Å². The molecule has 0 aromatic rings. The lowest BCUT2D eigenvalue weighted by atomic mass is 9.73. The smallest absolute Gasteiger partial charge is 0.0170 e. The van der Waals surface area contributed by atoms with Crippen LogP contribution in [0.4, 0.5) is 0 Å². The molecule has 0 saturated heterocycles. The molecule has 0 aliphatic heterocycles. The lowest BCUT2D eigenvalue weighted by Gasteiger charge is -2.32. The first kappa shape index (κ1) is 39.7. The molecule has 1 aliphatic carbocycles. The fourth-order valence-electron chi connectivity index (χ4n) is 7.79. The number of hydrogen-bond acceptors (Lipinski definition) is 0. The molecule has 0 bridgehead atoms. The number of unbranched alkanes of at least 4 members (excludes halogenated alkanes) is 4. The summed E-state index contributed by atoms with van der Waals surface area (Å²) in [6.45, 7) is 31.2. The summed E-state index contributed by atoms with van der Waals surface area (Å²) in [7, 11) is 0. The van der Waals surface area contributed by atoms with Gasteiger partial charge >= 0.3 is 0 Å². The first-order valence-electron chi connectivity index (χ1n) is 18.8. The van der Waals surface area contributed by atoms with Crippen molar-refractivity contribution in [2.45, 2.75) is 176 Å². The lowest BCUT2D eigenvalue weighted by molar-refractivity contribution is 0.278. The number of rotatable bonds is 26. The van der Waals surface area contributed by atoms with E-state index in [1.807, 2.05) is 0 Å². The highest BCUT2D eigenvalue weighted by Crippen LogP contribution is 2.40. The van der Waals surface area contributed by atoms with Crippen molar-refractivity contribution in [3.05, 3.63) is 61.3 Å². The highest BCUT2D eigenvalue weighted by atomic mass is 14.3. The van der Waals surface area contributed by atoms with Crippen molar-refractivity contribution in [2.75, 3.05) is 0 Å². The summed E-state index contributed by atoms with van der Waals surface area (Å²) in [6.07, 6.45) is 34.4. The second kappa shape index (κ2) is 23.1. The van der Waals surface area contributed by atoms with E-state index in [1.165, 1.54) is 134 Å². The Balaban J connectivity index is 3.19. The minimum atomic E-state index is 0.233. The van der Waals surface area contributed by atoms with Gasteiger partial charge in [0.2, 0.25) is 0 Å². The molecule has 0 spiro atoms. The van der Waals surface area contributed by atoms with Crippen LogP contribution in [-0.2, 0) is 0 Å². The van der Waals surface area contributed by atoms with Crippen LogP contribution in [0, 0.1) is 35.0 Å². The van der Waals surface area contributed by atoms with Gasteiger partial charge in [-0.2, -0.15) is 0 Å². The normalized spacial score (nSPS) is 17.9. The van der Waals surface area contributed by atoms with Gasteiger partial charge in [-0.1, -0.05) is 133 Å². The molecular weight excluding hydrogens is 516 g/mol. The van der Waals surface area contributed by atoms with E-state index in [1.54, 1.807) is 11.1 Å². The van der Waals surface area contributed by atoms with E-state index in [0.717, 1.165) is 24.2 Å². The fraction of sp³-hybridized carbons (Fsp3) is 0.767. The Labute approximate surface area is 272 Å². The first-order valence-corrected chi connectivity index (χ1v) is 18.8. The van der Waals surface area contributed by atoms with E-state index >= 15 is 0 Å². The van der Waals surface area contributed by atoms with E-state index in [0.29, 0.717) is 11.8 Å². The molecule has 1 fully saturated rings. The van der Waals surface area contributed by atoms with Crippen LogP contribution in [0.2, 0.25) is 0 Å². The second-order valence-electron chi connectivity index (χ2n) is 15.4. The van der Waals surface area contributed by atoms with Crippen molar-refractivity contribution >= 4 is 0 Å². The third-order valence-corrected chi connectivity index (χ3v) is 10.9. The predicted molar refractivity (Wildman–Crippen MR) is 198 cm³/mol. The Morgan fingerprint density at radius 1 is 0.791 bits per heavy atom. The molecule has 4 unspecified atom stereocenters. The highest BCUT2D eigenvalue weighted by molar-refractivity contribution is 5.16. The maximum absolute atomic E-state index is 4.50. The molecule has 1 saturated carbocycles. The Morgan fingerprint density at radius 3 is 2.02 bits per heavy atom. The van der Waals surface area contributed by atoms with Crippen molar-refractivity contribution in [3.63, 3.8) is 0 Å². The van der Waals surface area contributed by atoms with Crippen LogP contribution in [0.5, 0.6) is 0 Å². The quantitative estimate of drug-likeness (QED) is 0.0692. The zero-order valence-corrected chi connectivity index (χ0v) is 30.3. The second-order valence-corrected chi connectivity index (χ2v) is 15.4. The van der Waals surface area contributed by atoms with Gasteiger partial charge in [0.15, 0.2) is 0 Å². The van der Waals surface area contributed by atoms with Crippen LogP contribution in [0.25, 0.3) is 0 Å². The third kappa shape index (κ3) is 17.1. The molecule has 0 aromatic heterocycles. The maximum Gasteiger partial charge on any atom is -0.0170 e. The topological polar surface area (TPSA) is 0 Å². The van der Waals surface area contributed by atoms with Gasteiger partial charge in [0.1, 0.15) is 0 Å². The summed E-state index contributed by atoms with van der Waals surface area (Å²) in [5.74, 6) is 3.69. The Bertz CT molecular complexity index is 800. The zero-order chi connectivity index (χ0) is 32.1.